The van der Waals surface area contributed by atoms with Crippen LogP contribution in [0.3, 0.4) is 0 Å². The molecule has 0 aromatic carbocycles. The van der Waals surface area contributed by atoms with Crippen molar-refractivity contribution in [3.63, 3.8) is 0 Å². The summed E-state index contributed by atoms with van der Waals surface area (Å²) in [6.07, 6.45) is 5.00. The van der Waals surface area contributed by atoms with Gasteiger partial charge in [0.1, 0.15) is 0 Å². The van der Waals surface area contributed by atoms with Crippen LogP contribution in [0.2, 0.25) is 0 Å². The summed E-state index contributed by atoms with van der Waals surface area (Å²) in [7, 11) is -3.08. The Morgan fingerprint density at radius 3 is 2.27 bits per heavy atom. The van der Waals surface area contributed by atoms with Crippen molar-refractivity contribution in [2.24, 2.45) is 0 Å². The average Bonchev–Trinajstić information content (AvgIpc) is 2.00. The number of rotatable bonds is 4. The Bertz CT molecular complexity index is 238. The molecule has 0 bridgehead atoms. The molecule has 0 saturated carbocycles. The predicted molar refractivity (Wildman–Crippen MR) is 45.5 cm³/mol. The zero-order valence-corrected chi connectivity index (χ0v) is 7.69. The first-order valence-electron chi connectivity index (χ1n) is 3.49. The number of hydrogen-bond donors (Lipinski definition) is 0. The summed E-state index contributed by atoms with van der Waals surface area (Å²) in [4.78, 5) is 0. The van der Waals surface area contributed by atoms with Crippen molar-refractivity contribution in [3.05, 3.63) is 0 Å². The van der Waals surface area contributed by atoms with Gasteiger partial charge in [-0.25, -0.2) is 8.42 Å². The lowest BCUT2D eigenvalue weighted by Gasteiger charge is -2.15. The van der Waals surface area contributed by atoms with E-state index in [2.05, 4.69) is 5.92 Å². The van der Waals surface area contributed by atoms with Gasteiger partial charge in [-0.15, -0.1) is 6.42 Å². The second kappa shape index (κ2) is 4.37. The van der Waals surface area contributed by atoms with Gasteiger partial charge in [-0.3, -0.25) is 0 Å². The van der Waals surface area contributed by atoms with E-state index in [1.807, 2.05) is 0 Å². The molecule has 0 aliphatic heterocycles. The van der Waals surface area contributed by atoms with Crippen molar-refractivity contribution >= 4 is 10.0 Å². The molecule has 0 spiro atoms. The topological polar surface area (TPSA) is 37.4 Å². The van der Waals surface area contributed by atoms with Crippen molar-refractivity contribution in [1.29, 1.82) is 0 Å². The summed E-state index contributed by atoms with van der Waals surface area (Å²) in [5, 5.41) is 0. The molecule has 0 radical (unpaired) electrons. The monoisotopic (exact) mass is 175 g/mol. The number of sulfonamides is 1. The molecule has 0 heterocycles. The highest BCUT2D eigenvalue weighted by Gasteiger charge is 2.15. The molecule has 0 aliphatic rings. The van der Waals surface area contributed by atoms with Crippen LogP contribution in [0.1, 0.15) is 13.8 Å². The van der Waals surface area contributed by atoms with E-state index in [0.717, 1.165) is 0 Å². The molecular formula is C7H13NO2S. The van der Waals surface area contributed by atoms with Gasteiger partial charge in [0, 0.05) is 6.54 Å². The van der Waals surface area contributed by atoms with E-state index >= 15 is 0 Å². The largest absolute Gasteiger partial charge is 0.214 e. The van der Waals surface area contributed by atoms with Crippen LogP contribution in [0.25, 0.3) is 0 Å². The summed E-state index contributed by atoms with van der Waals surface area (Å²) in [5.41, 5.74) is 0. The second-order valence-electron chi connectivity index (χ2n) is 2.03. The Hall–Kier alpha value is -0.530. The second-order valence-corrected chi connectivity index (χ2v) is 4.29. The Balaban J connectivity index is 4.40. The smallest absolute Gasteiger partial charge is 0.212 e. The zero-order chi connectivity index (χ0) is 8.91. The molecule has 0 aromatic rings. The molecule has 0 unspecified atom stereocenters. The van der Waals surface area contributed by atoms with Crippen LogP contribution >= 0.6 is 0 Å². The van der Waals surface area contributed by atoms with Gasteiger partial charge in [0.2, 0.25) is 10.0 Å². The highest BCUT2D eigenvalue weighted by Crippen LogP contribution is 1.98. The van der Waals surface area contributed by atoms with Gasteiger partial charge in [-0.2, -0.15) is 4.31 Å². The maximum absolute atomic E-state index is 11.2. The zero-order valence-electron chi connectivity index (χ0n) is 6.87. The normalized spacial score (nSPS) is 11.5. The fourth-order valence-corrected chi connectivity index (χ4v) is 1.72. The van der Waals surface area contributed by atoms with Crippen molar-refractivity contribution in [1.82, 2.24) is 4.31 Å². The molecule has 64 valence electrons. The molecule has 4 heteroatoms. The molecule has 0 N–H and O–H groups in total. The maximum Gasteiger partial charge on any atom is 0.214 e. The summed E-state index contributed by atoms with van der Waals surface area (Å²) >= 11 is 0. The van der Waals surface area contributed by atoms with Crippen LogP contribution in [-0.2, 0) is 10.0 Å². The van der Waals surface area contributed by atoms with Crippen LogP contribution < -0.4 is 0 Å². The van der Waals surface area contributed by atoms with Crippen molar-refractivity contribution < 1.29 is 8.42 Å². The fourth-order valence-electron chi connectivity index (χ4n) is 0.691. The number of terminal acetylenes is 1. The molecule has 0 aromatic heterocycles. The first kappa shape index (κ1) is 10.5. The van der Waals surface area contributed by atoms with Gasteiger partial charge in [0.15, 0.2) is 0 Å². The molecule has 11 heavy (non-hydrogen) atoms. The van der Waals surface area contributed by atoms with E-state index in [0.29, 0.717) is 6.54 Å². The highest BCUT2D eigenvalue weighted by atomic mass is 32.2. The third kappa shape index (κ3) is 2.91. The van der Waals surface area contributed by atoms with Crippen LogP contribution in [0.5, 0.6) is 0 Å². The first-order chi connectivity index (χ1) is 5.08. The van der Waals surface area contributed by atoms with E-state index in [9.17, 15) is 8.42 Å². The van der Waals surface area contributed by atoms with Crippen molar-refractivity contribution in [2.45, 2.75) is 13.8 Å². The number of nitrogens with zero attached hydrogens (tertiary/aromatic N) is 1. The molecule has 0 fully saturated rings. The van der Waals surface area contributed by atoms with Gasteiger partial charge >= 0.3 is 0 Å². The molecule has 0 amide bonds. The van der Waals surface area contributed by atoms with E-state index in [4.69, 9.17) is 6.42 Å². The van der Waals surface area contributed by atoms with Gasteiger partial charge in [-0.05, 0) is 6.92 Å². The Morgan fingerprint density at radius 1 is 1.45 bits per heavy atom. The van der Waals surface area contributed by atoms with Crippen molar-refractivity contribution in [2.75, 3.05) is 18.8 Å². The van der Waals surface area contributed by atoms with E-state index < -0.39 is 10.0 Å². The molecule has 3 nitrogen and oxygen atoms in total. The van der Waals surface area contributed by atoms with Gasteiger partial charge in [0.25, 0.3) is 0 Å². The average molecular weight is 175 g/mol. The Labute approximate surface area is 68.4 Å². The maximum atomic E-state index is 11.2. The van der Waals surface area contributed by atoms with Gasteiger partial charge in [-0.1, -0.05) is 12.8 Å². The summed E-state index contributed by atoms with van der Waals surface area (Å²) in [6.45, 7) is 3.99. The lowest BCUT2D eigenvalue weighted by Crippen LogP contribution is -2.32. The molecule has 0 rings (SSSR count). The minimum atomic E-state index is -3.08. The molecule has 0 aliphatic carbocycles. The third-order valence-electron chi connectivity index (χ3n) is 1.38. The highest BCUT2D eigenvalue weighted by molar-refractivity contribution is 7.89. The van der Waals surface area contributed by atoms with E-state index in [1.165, 1.54) is 4.31 Å². The lowest BCUT2D eigenvalue weighted by molar-refractivity contribution is 0.465. The van der Waals surface area contributed by atoms with Gasteiger partial charge in [0.05, 0.1) is 12.3 Å². The fraction of sp³-hybridized carbons (Fsp3) is 0.714. The third-order valence-corrected chi connectivity index (χ3v) is 3.28. The van der Waals surface area contributed by atoms with Gasteiger partial charge < -0.3 is 0 Å². The van der Waals surface area contributed by atoms with Crippen LogP contribution in [-0.4, -0.2) is 31.6 Å². The SMILES string of the molecule is C#CCN(CC)S(=O)(=O)CC. The summed E-state index contributed by atoms with van der Waals surface area (Å²) in [6, 6.07) is 0. The predicted octanol–water partition coefficient (Wildman–Crippen LogP) is 0.291. The summed E-state index contributed by atoms with van der Waals surface area (Å²) < 4.78 is 23.6. The minimum Gasteiger partial charge on any atom is -0.212 e. The molecule has 0 atom stereocenters. The Kier molecular flexibility index (Phi) is 4.16. The lowest BCUT2D eigenvalue weighted by atomic mass is 10.6. The van der Waals surface area contributed by atoms with Crippen LogP contribution in [0.15, 0.2) is 0 Å². The minimum absolute atomic E-state index is 0.114. The molecular weight excluding hydrogens is 162 g/mol. The van der Waals surface area contributed by atoms with E-state index in [-0.39, 0.29) is 12.3 Å². The van der Waals surface area contributed by atoms with Crippen LogP contribution in [0.4, 0.5) is 0 Å². The van der Waals surface area contributed by atoms with Crippen LogP contribution in [0, 0.1) is 12.3 Å². The molecule has 0 saturated heterocycles. The first-order valence-corrected chi connectivity index (χ1v) is 5.10. The van der Waals surface area contributed by atoms with Crippen molar-refractivity contribution in [3.8, 4) is 12.3 Å². The quantitative estimate of drug-likeness (QED) is 0.576. The summed E-state index contributed by atoms with van der Waals surface area (Å²) in [5.74, 6) is 2.42. The Morgan fingerprint density at radius 2 is 2.00 bits per heavy atom. The van der Waals surface area contributed by atoms with E-state index in [1.54, 1.807) is 13.8 Å². The number of hydrogen-bond acceptors (Lipinski definition) is 2. The standard InChI is InChI=1S/C7H13NO2S/c1-4-7-8(5-2)11(9,10)6-3/h1H,5-7H2,2-3H3.